The molecule has 188 valence electrons. The summed E-state index contributed by atoms with van der Waals surface area (Å²) in [5.41, 5.74) is -1.71. The summed E-state index contributed by atoms with van der Waals surface area (Å²) < 4.78 is 38.0. The molecule has 0 radical (unpaired) electrons. The van der Waals surface area contributed by atoms with E-state index < -0.39 is 47.0 Å². The number of fused-ring (bicyclic) bond motifs is 5. The molecule has 2 saturated heterocycles. The van der Waals surface area contributed by atoms with E-state index in [-0.39, 0.29) is 35.9 Å². The standard InChI is InChI=1S/C27H21F2N3O4S/c1-13-12-32-22-17(11-27(23(32)14(2)36-13)24(33)30-26(35)31-25(27)34)9-16(20(28)21(22)29)7-8-18-10-15-5-3-4-6-19(15)37-18/h3-6,9-10,13-14,23H,11-12H2,1-2H3,(H2,30,31,33,34,35)/t13-,14+,23-/m0/s1. The number of thiophene rings is 1. The normalized spacial score (nSPS) is 24.2. The number of benzene rings is 2. The van der Waals surface area contributed by atoms with Crippen LogP contribution in [0.4, 0.5) is 19.3 Å². The van der Waals surface area contributed by atoms with Crippen molar-refractivity contribution in [2.45, 2.75) is 38.5 Å². The van der Waals surface area contributed by atoms with Gasteiger partial charge in [0.25, 0.3) is 0 Å². The number of nitrogens with zero attached hydrogens (tertiary/aromatic N) is 1. The first-order valence-electron chi connectivity index (χ1n) is 11.8. The van der Waals surface area contributed by atoms with Crippen molar-refractivity contribution in [1.82, 2.24) is 10.6 Å². The van der Waals surface area contributed by atoms with Gasteiger partial charge in [-0.25, -0.2) is 13.6 Å². The maximum Gasteiger partial charge on any atom is 0.328 e. The lowest BCUT2D eigenvalue weighted by molar-refractivity contribution is -0.153. The summed E-state index contributed by atoms with van der Waals surface area (Å²) in [4.78, 5) is 40.6. The van der Waals surface area contributed by atoms with Gasteiger partial charge >= 0.3 is 6.03 Å². The minimum absolute atomic E-state index is 0.0139. The smallest absolute Gasteiger partial charge is 0.328 e. The number of carbonyl (C=O) groups excluding carboxylic acids is 3. The number of imide groups is 2. The summed E-state index contributed by atoms with van der Waals surface area (Å²) in [6.07, 6.45) is -1.30. The number of amides is 4. The third kappa shape index (κ3) is 3.53. The van der Waals surface area contributed by atoms with Gasteiger partial charge in [-0.3, -0.25) is 20.2 Å². The van der Waals surface area contributed by atoms with Gasteiger partial charge in [0.05, 0.1) is 34.4 Å². The minimum Gasteiger partial charge on any atom is -0.372 e. The number of hydrogen-bond donors (Lipinski definition) is 2. The first kappa shape index (κ1) is 23.6. The van der Waals surface area contributed by atoms with Crippen LogP contribution in [0.1, 0.15) is 29.9 Å². The van der Waals surface area contributed by atoms with Crippen LogP contribution in [0.5, 0.6) is 0 Å². The summed E-state index contributed by atoms with van der Waals surface area (Å²) >= 11 is 1.44. The Bertz CT molecular complexity index is 1520. The maximum absolute atomic E-state index is 15.7. The van der Waals surface area contributed by atoms with Crippen molar-refractivity contribution in [2.24, 2.45) is 5.41 Å². The average molecular weight is 522 g/mol. The molecular weight excluding hydrogens is 500 g/mol. The van der Waals surface area contributed by atoms with E-state index in [1.54, 1.807) is 13.8 Å². The Labute approximate surface area is 214 Å². The predicted molar refractivity (Wildman–Crippen MR) is 133 cm³/mol. The van der Waals surface area contributed by atoms with Gasteiger partial charge < -0.3 is 9.64 Å². The van der Waals surface area contributed by atoms with Crippen LogP contribution in [-0.4, -0.2) is 42.6 Å². The Morgan fingerprint density at radius 3 is 2.51 bits per heavy atom. The number of halogens is 2. The number of carbonyl (C=O) groups is 3. The molecule has 2 fully saturated rings. The van der Waals surface area contributed by atoms with Crippen molar-refractivity contribution in [3.63, 3.8) is 0 Å². The fourth-order valence-corrected chi connectivity index (χ4v) is 6.72. The van der Waals surface area contributed by atoms with Crippen molar-refractivity contribution in [3.05, 3.63) is 64.0 Å². The highest BCUT2D eigenvalue weighted by molar-refractivity contribution is 7.19. The predicted octanol–water partition coefficient (Wildman–Crippen LogP) is 3.47. The highest BCUT2D eigenvalue weighted by Crippen LogP contribution is 2.48. The third-order valence-corrected chi connectivity index (χ3v) is 8.24. The molecule has 2 N–H and O–H groups in total. The Balaban J connectivity index is 1.50. The SMILES string of the molecule is C[C@H]1CN2c3c(cc(C#Cc4cc5ccccc5s4)c(F)c3F)CC3(C(=O)NC(=O)NC3=O)[C@@H]2[C@@H](C)O1. The summed E-state index contributed by atoms with van der Waals surface area (Å²) in [5, 5.41) is 5.36. The zero-order chi connectivity index (χ0) is 26.1. The van der Waals surface area contributed by atoms with Gasteiger partial charge in [0.1, 0.15) is 0 Å². The third-order valence-electron chi connectivity index (χ3n) is 7.21. The van der Waals surface area contributed by atoms with E-state index in [1.165, 1.54) is 22.3 Å². The second-order valence-electron chi connectivity index (χ2n) is 9.59. The Morgan fingerprint density at radius 2 is 1.78 bits per heavy atom. The van der Waals surface area contributed by atoms with Gasteiger partial charge in [-0.1, -0.05) is 30.0 Å². The van der Waals surface area contributed by atoms with Gasteiger partial charge in [0.2, 0.25) is 11.8 Å². The van der Waals surface area contributed by atoms with E-state index in [0.717, 1.165) is 10.1 Å². The number of hydrogen-bond acceptors (Lipinski definition) is 6. The molecule has 0 aliphatic carbocycles. The lowest BCUT2D eigenvalue weighted by Crippen LogP contribution is -2.75. The molecule has 3 atom stereocenters. The molecule has 0 bridgehead atoms. The van der Waals surface area contributed by atoms with Gasteiger partial charge in [0, 0.05) is 17.7 Å². The molecule has 1 spiro atoms. The largest absolute Gasteiger partial charge is 0.372 e. The zero-order valence-corrected chi connectivity index (χ0v) is 20.7. The molecule has 3 aliphatic rings. The number of rotatable bonds is 0. The molecule has 1 aromatic heterocycles. The maximum atomic E-state index is 15.7. The Hall–Kier alpha value is -3.81. The Morgan fingerprint density at radius 1 is 1.05 bits per heavy atom. The van der Waals surface area contributed by atoms with Crippen LogP contribution >= 0.6 is 11.3 Å². The summed E-state index contributed by atoms with van der Waals surface area (Å²) in [6.45, 7) is 3.58. The summed E-state index contributed by atoms with van der Waals surface area (Å²) in [6, 6.07) is 9.13. The second kappa shape index (κ2) is 8.36. The molecule has 10 heteroatoms. The topological polar surface area (TPSA) is 87.7 Å². The lowest BCUT2D eigenvalue weighted by atomic mass is 9.66. The molecular formula is C27H21F2N3O4S. The molecule has 6 rings (SSSR count). The second-order valence-corrected chi connectivity index (χ2v) is 10.7. The first-order valence-corrected chi connectivity index (χ1v) is 12.6. The lowest BCUT2D eigenvalue weighted by Gasteiger charge is -2.55. The molecule has 0 saturated carbocycles. The molecule has 4 amide bonds. The molecule has 37 heavy (non-hydrogen) atoms. The first-order chi connectivity index (χ1) is 17.7. The van der Waals surface area contributed by atoms with Crippen LogP contribution in [-0.2, 0) is 20.7 Å². The van der Waals surface area contributed by atoms with E-state index in [2.05, 4.69) is 22.5 Å². The number of morpholine rings is 1. The zero-order valence-electron chi connectivity index (χ0n) is 19.9. The van der Waals surface area contributed by atoms with Gasteiger partial charge in [0.15, 0.2) is 17.0 Å². The minimum atomic E-state index is -1.78. The number of ether oxygens (including phenoxy) is 1. The van der Waals surface area contributed by atoms with E-state index in [9.17, 15) is 14.4 Å². The van der Waals surface area contributed by atoms with Crippen molar-refractivity contribution >= 4 is 45.0 Å². The fraction of sp³-hybridized carbons (Fsp3) is 0.296. The highest BCUT2D eigenvalue weighted by Gasteiger charge is 2.63. The molecule has 0 unspecified atom stereocenters. The highest BCUT2D eigenvalue weighted by atomic mass is 32.1. The van der Waals surface area contributed by atoms with Crippen LogP contribution in [0, 0.1) is 28.9 Å². The van der Waals surface area contributed by atoms with Crippen molar-refractivity contribution in [3.8, 4) is 11.8 Å². The number of urea groups is 1. The molecule has 4 heterocycles. The quantitative estimate of drug-likeness (QED) is 0.350. The number of anilines is 1. The van der Waals surface area contributed by atoms with Crippen molar-refractivity contribution in [2.75, 3.05) is 11.4 Å². The molecule has 3 aromatic rings. The molecule has 3 aliphatic heterocycles. The Kier molecular flexibility index (Phi) is 5.33. The summed E-state index contributed by atoms with van der Waals surface area (Å²) in [7, 11) is 0. The van der Waals surface area contributed by atoms with E-state index in [4.69, 9.17) is 4.74 Å². The molecule has 2 aromatic carbocycles. The number of nitrogens with one attached hydrogen (secondary N) is 2. The van der Waals surface area contributed by atoms with E-state index in [1.807, 2.05) is 30.3 Å². The van der Waals surface area contributed by atoms with E-state index in [0.29, 0.717) is 4.88 Å². The van der Waals surface area contributed by atoms with Crippen LogP contribution in [0.15, 0.2) is 36.4 Å². The van der Waals surface area contributed by atoms with Gasteiger partial charge in [-0.15, -0.1) is 11.3 Å². The summed E-state index contributed by atoms with van der Waals surface area (Å²) in [5.74, 6) is 1.87. The monoisotopic (exact) mass is 521 g/mol. The fourth-order valence-electron chi connectivity index (χ4n) is 5.80. The van der Waals surface area contributed by atoms with Crippen molar-refractivity contribution in [1.29, 1.82) is 0 Å². The molecule has 7 nitrogen and oxygen atoms in total. The number of barbiturate groups is 1. The van der Waals surface area contributed by atoms with Crippen LogP contribution in [0.2, 0.25) is 0 Å². The van der Waals surface area contributed by atoms with Gasteiger partial charge in [-0.2, -0.15) is 0 Å². The van der Waals surface area contributed by atoms with Crippen molar-refractivity contribution < 1.29 is 27.9 Å². The average Bonchev–Trinajstić information content (AvgIpc) is 3.26. The van der Waals surface area contributed by atoms with E-state index >= 15 is 8.78 Å². The van der Waals surface area contributed by atoms with Crippen LogP contribution < -0.4 is 15.5 Å². The van der Waals surface area contributed by atoms with Crippen LogP contribution in [0.3, 0.4) is 0 Å². The van der Waals surface area contributed by atoms with Crippen LogP contribution in [0.25, 0.3) is 10.1 Å². The van der Waals surface area contributed by atoms with Gasteiger partial charge in [-0.05, 0) is 43.0 Å².